The van der Waals surface area contributed by atoms with Gasteiger partial charge in [-0.05, 0) is 25.2 Å². The lowest BCUT2D eigenvalue weighted by Gasteiger charge is -2.40. The number of carbonyl (C=O) groups is 2. The summed E-state index contributed by atoms with van der Waals surface area (Å²) in [6.07, 6.45) is 6.11. The molecule has 0 aromatic rings. The van der Waals surface area contributed by atoms with Gasteiger partial charge in [-0.25, -0.2) is 9.59 Å². The average Bonchev–Trinajstić information content (AvgIpc) is 2.41. The molecule has 2 N–H and O–H groups in total. The van der Waals surface area contributed by atoms with Crippen molar-refractivity contribution in [2.24, 2.45) is 11.3 Å². The Balaban J connectivity index is 5.74. The molecule has 1 atom stereocenters. The van der Waals surface area contributed by atoms with Gasteiger partial charge in [0.2, 0.25) is 0 Å². The zero-order valence-corrected chi connectivity index (χ0v) is 13.1. The van der Waals surface area contributed by atoms with Crippen LogP contribution in [0.15, 0.2) is 11.6 Å². The second kappa shape index (κ2) is 8.77. The molecule has 0 saturated carbocycles. The molecule has 0 amide bonds. The molecule has 4 nitrogen and oxygen atoms in total. The Morgan fingerprint density at radius 1 is 1.10 bits per heavy atom. The highest BCUT2D eigenvalue weighted by molar-refractivity contribution is 5.95. The van der Waals surface area contributed by atoms with Gasteiger partial charge in [0.15, 0.2) is 0 Å². The Morgan fingerprint density at radius 3 is 1.95 bits per heavy atom. The van der Waals surface area contributed by atoms with Gasteiger partial charge in [0.05, 0.1) is 5.57 Å². The zero-order valence-electron chi connectivity index (χ0n) is 13.1. The van der Waals surface area contributed by atoms with Gasteiger partial charge in [-0.1, -0.05) is 47.0 Å². The molecule has 0 aliphatic rings. The molecule has 1 unspecified atom stereocenters. The van der Waals surface area contributed by atoms with E-state index in [9.17, 15) is 14.7 Å². The fraction of sp³-hybridized carbons (Fsp3) is 0.750. The highest BCUT2D eigenvalue weighted by Gasteiger charge is 2.41. The van der Waals surface area contributed by atoms with Crippen LogP contribution in [0.3, 0.4) is 0 Å². The van der Waals surface area contributed by atoms with Crippen molar-refractivity contribution in [3.63, 3.8) is 0 Å². The number of carboxylic acids is 2. The number of aliphatic carboxylic acids is 2. The van der Waals surface area contributed by atoms with Crippen LogP contribution in [0.1, 0.15) is 66.2 Å². The van der Waals surface area contributed by atoms with Crippen molar-refractivity contribution in [2.75, 3.05) is 0 Å². The number of rotatable bonds is 10. The van der Waals surface area contributed by atoms with Crippen LogP contribution >= 0.6 is 0 Å². The number of hydrogen-bond acceptors (Lipinski definition) is 2. The lowest BCUT2D eigenvalue weighted by molar-refractivity contribution is -0.136. The van der Waals surface area contributed by atoms with E-state index in [0.717, 1.165) is 31.8 Å². The van der Waals surface area contributed by atoms with E-state index in [-0.39, 0.29) is 11.5 Å². The van der Waals surface area contributed by atoms with Gasteiger partial charge in [-0.15, -0.1) is 0 Å². The monoisotopic (exact) mass is 284 g/mol. The SMILES string of the molecule is CCCCC(CC)C(CC)(CC)/C(=C/C(=O)O)C(=O)O. The van der Waals surface area contributed by atoms with Crippen LogP contribution in [-0.4, -0.2) is 22.2 Å². The summed E-state index contributed by atoms with van der Waals surface area (Å²) in [6.45, 7) is 8.07. The summed E-state index contributed by atoms with van der Waals surface area (Å²) >= 11 is 0. The van der Waals surface area contributed by atoms with Crippen LogP contribution in [0.4, 0.5) is 0 Å². The van der Waals surface area contributed by atoms with E-state index in [1.807, 2.05) is 13.8 Å². The number of unbranched alkanes of at least 4 members (excludes halogenated alkanes) is 1. The molecular weight excluding hydrogens is 256 g/mol. The van der Waals surface area contributed by atoms with Crippen molar-refractivity contribution in [3.8, 4) is 0 Å². The van der Waals surface area contributed by atoms with Gasteiger partial charge in [-0.3, -0.25) is 0 Å². The molecule has 0 aliphatic carbocycles. The normalized spacial score (nSPS) is 14.1. The lowest BCUT2D eigenvalue weighted by Crippen LogP contribution is -2.35. The van der Waals surface area contributed by atoms with Gasteiger partial charge >= 0.3 is 11.9 Å². The third kappa shape index (κ3) is 4.36. The molecule has 0 heterocycles. The lowest BCUT2D eigenvalue weighted by atomic mass is 9.63. The van der Waals surface area contributed by atoms with E-state index in [4.69, 9.17) is 5.11 Å². The topological polar surface area (TPSA) is 74.6 Å². The molecule has 116 valence electrons. The van der Waals surface area contributed by atoms with Crippen molar-refractivity contribution >= 4 is 11.9 Å². The first kappa shape index (κ1) is 18.7. The van der Waals surface area contributed by atoms with Crippen molar-refractivity contribution in [1.29, 1.82) is 0 Å². The summed E-state index contributed by atoms with van der Waals surface area (Å²) < 4.78 is 0. The van der Waals surface area contributed by atoms with Crippen molar-refractivity contribution in [3.05, 3.63) is 11.6 Å². The molecular formula is C16H28O4. The summed E-state index contributed by atoms with van der Waals surface area (Å²) in [5, 5.41) is 18.4. The Bertz CT molecular complexity index is 353. The van der Waals surface area contributed by atoms with E-state index in [2.05, 4.69) is 13.8 Å². The van der Waals surface area contributed by atoms with Crippen LogP contribution < -0.4 is 0 Å². The van der Waals surface area contributed by atoms with E-state index >= 15 is 0 Å². The standard InChI is InChI=1S/C16H28O4/c1-5-9-10-12(6-2)16(7-3,8-4)13(15(19)20)11-14(17)18/h11-12H,5-10H2,1-4H3,(H,17,18)(H,19,20)/b13-11+. The number of carboxylic acid groups (broad SMARTS) is 2. The summed E-state index contributed by atoms with van der Waals surface area (Å²) in [7, 11) is 0. The van der Waals surface area contributed by atoms with Crippen molar-refractivity contribution < 1.29 is 19.8 Å². The quantitative estimate of drug-likeness (QED) is 0.592. The summed E-state index contributed by atoms with van der Waals surface area (Å²) in [5.41, 5.74) is -0.494. The van der Waals surface area contributed by atoms with Crippen LogP contribution in [0.25, 0.3) is 0 Å². The maximum Gasteiger partial charge on any atom is 0.332 e. The molecule has 0 spiro atoms. The summed E-state index contributed by atoms with van der Waals surface area (Å²) in [4.78, 5) is 22.5. The summed E-state index contributed by atoms with van der Waals surface area (Å²) in [5.74, 6) is -2.08. The van der Waals surface area contributed by atoms with E-state index in [0.29, 0.717) is 12.8 Å². The first-order chi connectivity index (χ1) is 9.39. The molecule has 0 aliphatic heterocycles. The first-order valence-corrected chi connectivity index (χ1v) is 7.57. The third-order valence-corrected chi connectivity index (χ3v) is 4.48. The molecule has 0 radical (unpaired) electrons. The minimum atomic E-state index is -1.18. The fourth-order valence-corrected chi connectivity index (χ4v) is 3.29. The maximum atomic E-state index is 11.6. The molecule has 0 rings (SSSR count). The molecule has 0 aromatic heterocycles. The maximum absolute atomic E-state index is 11.6. The second-order valence-electron chi connectivity index (χ2n) is 5.31. The Morgan fingerprint density at radius 2 is 1.65 bits per heavy atom. The zero-order chi connectivity index (χ0) is 15.8. The van der Waals surface area contributed by atoms with Gasteiger partial charge in [0.25, 0.3) is 0 Å². The molecule has 0 aromatic carbocycles. The smallest absolute Gasteiger partial charge is 0.332 e. The molecule has 20 heavy (non-hydrogen) atoms. The fourth-order valence-electron chi connectivity index (χ4n) is 3.29. The van der Waals surface area contributed by atoms with Crippen LogP contribution in [0.2, 0.25) is 0 Å². The Kier molecular flexibility index (Phi) is 8.19. The van der Waals surface area contributed by atoms with Crippen LogP contribution in [0.5, 0.6) is 0 Å². The highest BCUT2D eigenvalue weighted by Crippen LogP contribution is 2.46. The second-order valence-corrected chi connectivity index (χ2v) is 5.31. The van der Waals surface area contributed by atoms with Crippen LogP contribution in [0, 0.1) is 11.3 Å². The minimum absolute atomic E-state index is 0.0537. The van der Waals surface area contributed by atoms with Crippen LogP contribution in [-0.2, 0) is 9.59 Å². The Hall–Kier alpha value is -1.32. The van der Waals surface area contributed by atoms with Gasteiger partial charge in [-0.2, -0.15) is 0 Å². The molecule has 0 fully saturated rings. The number of hydrogen-bond donors (Lipinski definition) is 2. The van der Waals surface area contributed by atoms with Gasteiger partial charge < -0.3 is 10.2 Å². The van der Waals surface area contributed by atoms with Crippen molar-refractivity contribution in [2.45, 2.75) is 66.2 Å². The first-order valence-electron chi connectivity index (χ1n) is 7.57. The molecule has 0 saturated heterocycles. The predicted octanol–water partition coefficient (Wildman–Crippen LogP) is 4.10. The van der Waals surface area contributed by atoms with Gasteiger partial charge in [0, 0.05) is 11.5 Å². The molecule has 0 bridgehead atoms. The minimum Gasteiger partial charge on any atom is -0.478 e. The van der Waals surface area contributed by atoms with E-state index in [1.54, 1.807) is 0 Å². The Labute approximate surface area is 121 Å². The van der Waals surface area contributed by atoms with E-state index < -0.39 is 17.4 Å². The predicted molar refractivity (Wildman–Crippen MR) is 79.7 cm³/mol. The van der Waals surface area contributed by atoms with Crippen molar-refractivity contribution in [1.82, 2.24) is 0 Å². The van der Waals surface area contributed by atoms with Gasteiger partial charge in [0.1, 0.15) is 0 Å². The largest absolute Gasteiger partial charge is 0.478 e. The third-order valence-electron chi connectivity index (χ3n) is 4.48. The molecule has 4 heteroatoms. The summed E-state index contributed by atoms with van der Waals surface area (Å²) in [6, 6.07) is 0. The van der Waals surface area contributed by atoms with E-state index in [1.165, 1.54) is 0 Å². The highest BCUT2D eigenvalue weighted by atomic mass is 16.4. The average molecular weight is 284 g/mol.